The Morgan fingerprint density at radius 1 is 1.26 bits per heavy atom. The van der Waals surface area contributed by atoms with Crippen molar-refractivity contribution >= 4 is 17.6 Å². The van der Waals surface area contributed by atoms with Crippen molar-refractivity contribution < 1.29 is 9.59 Å². The third-order valence-electron chi connectivity index (χ3n) is 4.03. The number of anilines is 1. The zero-order valence-electron chi connectivity index (χ0n) is 13.8. The Kier molecular flexibility index (Phi) is 5.98. The Morgan fingerprint density at radius 3 is 2.65 bits per heavy atom. The van der Waals surface area contributed by atoms with Gasteiger partial charge in [-0.25, -0.2) is 4.79 Å². The van der Waals surface area contributed by atoms with Gasteiger partial charge < -0.3 is 21.3 Å². The van der Waals surface area contributed by atoms with E-state index in [1.807, 2.05) is 18.2 Å². The first kappa shape index (κ1) is 17.3. The summed E-state index contributed by atoms with van der Waals surface area (Å²) in [6.45, 7) is 6.12. The molecule has 1 aromatic rings. The minimum Gasteiger partial charge on any atom is -0.354 e. The number of hydrogen-bond acceptors (Lipinski definition) is 3. The van der Waals surface area contributed by atoms with Gasteiger partial charge in [-0.15, -0.1) is 0 Å². The summed E-state index contributed by atoms with van der Waals surface area (Å²) in [5, 5.41) is 11.6. The summed E-state index contributed by atoms with van der Waals surface area (Å²) in [7, 11) is 0. The molecule has 1 atom stereocenters. The number of amides is 3. The van der Waals surface area contributed by atoms with Crippen molar-refractivity contribution in [2.45, 2.75) is 32.2 Å². The van der Waals surface area contributed by atoms with E-state index in [4.69, 9.17) is 0 Å². The summed E-state index contributed by atoms with van der Waals surface area (Å²) in [6, 6.07) is 8.75. The van der Waals surface area contributed by atoms with E-state index in [-0.39, 0.29) is 5.91 Å². The fourth-order valence-corrected chi connectivity index (χ4v) is 2.60. The van der Waals surface area contributed by atoms with Gasteiger partial charge in [0.05, 0.1) is 0 Å². The second-order valence-electron chi connectivity index (χ2n) is 6.47. The molecule has 1 aromatic carbocycles. The Morgan fingerprint density at radius 2 is 2.00 bits per heavy atom. The standard InChI is InChI=1S/C17H26N4O2/c1-17(2,15(22)19-11-9-13-8-10-18-12-13)21-16(23)20-14-6-4-3-5-7-14/h3-7,13,18H,8-12H2,1-2H3,(H,19,22)(H2,20,21,23). The van der Waals surface area contributed by atoms with Crippen LogP contribution in [0.1, 0.15) is 26.7 Å². The quantitative estimate of drug-likeness (QED) is 0.644. The molecule has 0 aromatic heterocycles. The van der Waals surface area contributed by atoms with Crippen molar-refractivity contribution in [1.82, 2.24) is 16.0 Å². The van der Waals surface area contributed by atoms with Crippen molar-refractivity contribution in [3.8, 4) is 0 Å². The number of para-hydroxylation sites is 1. The molecule has 1 fully saturated rings. The number of hydrogen-bond donors (Lipinski definition) is 4. The van der Waals surface area contributed by atoms with Gasteiger partial charge in [0, 0.05) is 12.2 Å². The van der Waals surface area contributed by atoms with Gasteiger partial charge in [0.1, 0.15) is 5.54 Å². The summed E-state index contributed by atoms with van der Waals surface area (Å²) in [6.07, 6.45) is 2.13. The Hall–Kier alpha value is -2.08. The highest BCUT2D eigenvalue weighted by Gasteiger charge is 2.29. The lowest BCUT2D eigenvalue weighted by atomic mass is 10.0. The monoisotopic (exact) mass is 318 g/mol. The van der Waals surface area contributed by atoms with Crippen LogP contribution in [0.3, 0.4) is 0 Å². The van der Waals surface area contributed by atoms with Crippen molar-refractivity contribution in [1.29, 1.82) is 0 Å². The smallest absolute Gasteiger partial charge is 0.320 e. The molecule has 2 rings (SSSR count). The van der Waals surface area contributed by atoms with Gasteiger partial charge in [-0.2, -0.15) is 0 Å². The molecule has 0 spiro atoms. The summed E-state index contributed by atoms with van der Waals surface area (Å²) < 4.78 is 0. The first-order valence-corrected chi connectivity index (χ1v) is 8.10. The summed E-state index contributed by atoms with van der Waals surface area (Å²) in [4.78, 5) is 24.3. The minimum atomic E-state index is -0.965. The fourth-order valence-electron chi connectivity index (χ4n) is 2.60. The minimum absolute atomic E-state index is 0.174. The molecule has 1 aliphatic heterocycles. The second-order valence-corrected chi connectivity index (χ2v) is 6.47. The largest absolute Gasteiger partial charge is 0.354 e. The molecule has 0 saturated carbocycles. The molecule has 1 heterocycles. The average Bonchev–Trinajstić information content (AvgIpc) is 3.00. The first-order chi connectivity index (χ1) is 11.0. The number of nitrogens with one attached hydrogen (secondary N) is 4. The third kappa shape index (κ3) is 5.56. The molecule has 126 valence electrons. The van der Waals surface area contributed by atoms with Gasteiger partial charge >= 0.3 is 6.03 Å². The number of benzene rings is 1. The predicted octanol–water partition coefficient (Wildman–Crippen LogP) is 1.70. The predicted molar refractivity (Wildman–Crippen MR) is 91.3 cm³/mol. The third-order valence-corrected chi connectivity index (χ3v) is 4.03. The van der Waals surface area contributed by atoms with E-state index >= 15 is 0 Å². The highest BCUT2D eigenvalue weighted by Crippen LogP contribution is 2.11. The molecular formula is C17H26N4O2. The molecule has 4 N–H and O–H groups in total. The lowest BCUT2D eigenvalue weighted by molar-refractivity contribution is -0.126. The fraction of sp³-hybridized carbons (Fsp3) is 0.529. The van der Waals surface area contributed by atoms with Gasteiger partial charge in [-0.1, -0.05) is 18.2 Å². The van der Waals surface area contributed by atoms with E-state index in [9.17, 15) is 9.59 Å². The van der Waals surface area contributed by atoms with Gasteiger partial charge in [0.2, 0.25) is 5.91 Å². The molecule has 0 radical (unpaired) electrons. The molecule has 1 saturated heterocycles. The number of carbonyl (C=O) groups excluding carboxylic acids is 2. The molecule has 1 aliphatic rings. The van der Waals surface area contributed by atoms with Crippen LogP contribution < -0.4 is 21.3 Å². The van der Waals surface area contributed by atoms with Crippen LogP contribution in [-0.4, -0.2) is 37.1 Å². The van der Waals surface area contributed by atoms with E-state index < -0.39 is 11.6 Å². The maximum Gasteiger partial charge on any atom is 0.320 e. The molecule has 1 unspecified atom stereocenters. The average molecular weight is 318 g/mol. The Bertz CT molecular complexity index is 525. The molecular weight excluding hydrogens is 292 g/mol. The first-order valence-electron chi connectivity index (χ1n) is 8.10. The number of urea groups is 1. The number of carbonyl (C=O) groups is 2. The van der Waals surface area contributed by atoms with Crippen molar-refractivity contribution in [3.63, 3.8) is 0 Å². The molecule has 3 amide bonds. The van der Waals surface area contributed by atoms with Crippen LogP contribution in [0.2, 0.25) is 0 Å². The SMILES string of the molecule is CC(C)(NC(=O)Nc1ccccc1)C(=O)NCCC1CCNC1. The zero-order chi connectivity index (χ0) is 16.7. The topological polar surface area (TPSA) is 82.3 Å². The molecule has 0 bridgehead atoms. The van der Waals surface area contributed by atoms with Gasteiger partial charge in [0.15, 0.2) is 0 Å². The summed E-state index contributed by atoms with van der Waals surface area (Å²) >= 11 is 0. The molecule has 23 heavy (non-hydrogen) atoms. The summed E-state index contributed by atoms with van der Waals surface area (Å²) in [5.74, 6) is 0.458. The highest BCUT2D eigenvalue weighted by molar-refractivity contribution is 5.95. The van der Waals surface area contributed by atoms with Crippen LogP contribution in [0.5, 0.6) is 0 Å². The zero-order valence-corrected chi connectivity index (χ0v) is 13.8. The number of rotatable bonds is 6. The Labute approximate surface area is 137 Å². The maximum atomic E-state index is 12.3. The summed E-state index contributed by atoms with van der Waals surface area (Å²) in [5.41, 5.74) is -0.276. The van der Waals surface area contributed by atoms with Crippen molar-refractivity contribution in [2.75, 3.05) is 25.0 Å². The van der Waals surface area contributed by atoms with E-state index in [1.165, 1.54) is 0 Å². The Balaban J connectivity index is 1.75. The molecule has 0 aliphatic carbocycles. The van der Waals surface area contributed by atoms with Crippen molar-refractivity contribution in [3.05, 3.63) is 30.3 Å². The van der Waals surface area contributed by atoms with E-state index in [0.717, 1.165) is 25.9 Å². The van der Waals surface area contributed by atoms with Crippen LogP contribution in [-0.2, 0) is 4.79 Å². The van der Waals surface area contributed by atoms with Crippen LogP contribution in [0.4, 0.5) is 10.5 Å². The van der Waals surface area contributed by atoms with Crippen LogP contribution in [0.15, 0.2) is 30.3 Å². The van der Waals surface area contributed by atoms with Crippen molar-refractivity contribution in [2.24, 2.45) is 5.92 Å². The lowest BCUT2D eigenvalue weighted by Crippen LogP contribution is -2.56. The van der Waals surface area contributed by atoms with Gasteiger partial charge in [-0.3, -0.25) is 4.79 Å². The van der Waals surface area contributed by atoms with Gasteiger partial charge in [-0.05, 0) is 57.8 Å². The van der Waals surface area contributed by atoms with E-state index in [0.29, 0.717) is 18.2 Å². The van der Waals surface area contributed by atoms with Crippen LogP contribution in [0, 0.1) is 5.92 Å². The van der Waals surface area contributed by atoms with Crippen LogP contribution in [0.25, 0.3) is 0 Å². The maximum absolute atomic E-state index is 12.3. The highest BCUT2D eigenvalue weighted by atomic mass is 16.2. The van der Waals surface area contributed by atoms with Crippen LogP contribution >= 0.6 is 0 Å². The van der Waals surface area contributed by atoms with E-state index in [1.54, 1.807) is 26.0 Å². The molecule has 6 heteroatoms. The second kappa shape index (κ2) is 7.97. The normalized spacial score (nSPS) is 17.6. The van der Waals surface area contributed by atoms with Gasteiger partial charge in [0.25, 0.3) is 0 Å². The lowest BCUT2D eigenvalue weighted by Gasteiger charge is -2.25. The van der Waals surface area contributed by atoms with E-state index in [2.05, 4.69) is 21.3 Å². The molecule has 6 nitrogen and oxygen atoms in total.